The molecule has 0 saturated carbocycles. The molecule has 5 heteroatoms. The highest BCUT2D eigenvalue weighted by Gasteiger charge is 2.27. The molecule has 2 saturated heterocycles. The van der Waals surface area contributed by atoms with Crippen LogP contribution in [0.5, 0.6) is 0 Å². The molecule has 3 unspecified atom stereocenters. The van der Waals surface area contributed by atoms with Gasteiger partial charge in [-0.15, -0.1) is 0 Å². The van der Waals surface area contributed by atoms with Crippen LogP contribution >= 0.6 is 0 Å². The van der Waals surface area contributed by atoms with Crippen molar-refractivity contribution in [2.75, 3.05) is 46.1 Å². The molecule has 5 nitrogen and oxygen atoms in total. The van der Waals surface area contributed by atoms with Crippen molar-refractivity contribution in [3.8, 4) is 0 Å². The first-order valence-electron chi connectivity index (χ1n) is 8.82. The summed E-state index contributed by atoms with van der Waals surface area (Å²) < 4.78 is 23.0. The van der Waals surface area contributed by atoms with Gasteiger partial charge in [0.25, 0.3) is 0 Å². The highest BCUT2D eigenvalue weighted by molar-refractivity contribution is 4.75. The van der Waals surface area contributed by atoms with Gasteiger partial charge in [0.2, 0.25) is 0 Å². The Labute approximate surface area is 135 Å². The van der Waals surface area contributed by atoms with Gasteiger partial charge < -0.3 is 18.9 Å². The number of hydrogen-bond donors (Lipinski definition) is 0. The zero-order valence-corrected chi connectivity index (χ0v) is 14.5. The highest BCUT2D eigenvalue weighted by atomic mass is 16.5. The SMILES string of the molecule is CC(C)OCC1CCC(CC(C)OCCN2CCOCC2)O1. The van der Waals surface area contributed by atoms with Gasteiger partial charge in [0.1, 0.15) is 0 Å². The van der Waals surface area contributed by atoms with Crippen LogP contribution in [0.15, 0.2) is 0 Å². The normalized spacial score (nSPS) is 28.4. The zero-order valence-electron chi connectivity index (χ0n) is 14.5. The number of morpholine rings is 1. The topological polar surface area (TPSA) is 40.2 Å². The molecule has 0 amide bonds. The van der Waals surface area contributed by atoms with Gasteiger partial charge in [0.15, 0.2) is 0 Å². The molecule has 0 aromatic rings. The summed E-state index contributed by atoms with van der Waals surface area (Å²) in [6.07, 6.45) is 4.37. The summed E-state index contributed by atoms with van der Waals surface area (Å²) >= 11 is 0. The van der Waals surface area contributed by atoms with Crippen molar-refractivity contribution in [3.05, 3.63) is 0 Å². The molecule has 2 rings (SSSR count). The second kappa shape index (κ2) is 9.83. The molecular weight excluding hydrogens is 282 g/mol. The fourth-order valence-corrected chi connectivity index (χ4v) is 3.02. The monoisotopic (exact) mass is 315 g/mol. The van der Waals surface area contributed by atoms with Crippen LogP contribution in [0.4, 0.5) is 0 Å². The summed E-state index contributed by atoms with van der Waals surface area (Å²) in [7, 11) is 0. The minimum Gasteiger partial charge on any atom is -0.379 e. The number of nitrogens with zero attached hydrogens (tertiary/aromatic N) is 1. The molecule has 2 aliphatic heterocycles. The maximum atomic E-state index is 6.05. The van der Waals surface area contributed by atoms with E-state index in [4.69, 9.17) is 18.9 Å². The predicted molar refractivity (Wildman–Crippen MR) is 86.3 cm³/mol. The van der Waals surface area contributed by atoms with Crippen LogP contribution in [0.2, 0.25) is 0 Å². The lowest BCUT2D eigenvalue weighted by Gasteiger charge is -2.27. The first kappa shape index (κ1) is 18.1. The third kappa shape index (κ3) is 6.92. The molecule has 0 aliphatic carbocycles. The van der Waals surface area contributed by atoms with Gasteiger partial charge in [-0.05, 0) is 40.0 Å². The molecule has 2 heterocycles. The van der Waals surface area contributed by atoms with Crippen LogP contribution in [0.3, 0.4) is 0 Å². The lowest BCUT2D eigenvalue weighted by molar-refractivity contribution is -0.0524. The van der Waals surface area contributed by atoms with Gasteiger partial charge in [0.05, 0.1) is 50.8 Å². The van der Waals surface area contributed by atoms with Crippen LogP contribution in [-0.4, -0.2) is 75.4 Å². The van der Waals surface area contributed by atoms with Crippen molar-refractivity contribution in [3.63, 3.8) is 0 Å². The second-order valence-corrected chi connectivity index (χ2v) is 6.71. The van der Waals surface area contributed by atoms with E-state index in [1.807, 2.05) is 0 Å². The lowest BCUT2D eigenvalue weighted by atomic mass is 10.1. The van der Waals surface area contributed by atoms with Crippen LogP contribution in [0, 0.1) is 0 Å². The van der Waals surface area contributed by atoms with E-state index >= 15 is 0 Å². The Hall–Kier alpha value is -0.200. The number of ether oxygens (including phenoxy) is 4. The zero-order chi connectivity index (χ0) is 15.8. The van der Waals surface area contributed by atoms with E-state index in [1.54, 1.807) is 0 Å². The van der Waals surface area contributed by atoms with Gasteiger partial charge in [-0.25, -0.2) is 0 Å². The van der Waals surface area contributed by atoms with Crippen molar-refractivity contribution < 1.29 is 18.9 Å². The maximum absolute atomic E-state index is 6.05. The molecule has 2 aliphatic rings. The highest BCUT2D eigenvalue weighted by Crippen LogP contribution is 2.24. The molecule has 0 aromatic heterocycles. The van der Waals surface area contributed by atoms with Crippen molar-refractivity contribution >= 4 is 0 Å². The Morgan fingerprint density at radius 1 is 1.05 bits per heavy atom. The van der Waals surface area contributed by atoms with Crippen LogP contribution in [-0.2, 0) is 18.9 Å². The second-order valence-electron chi connectivity index (χ2n) is 6.71. The van der Waals surface area contributed by atoms with E-state index in [2.05, 4.69) is 25.7 Å². The van der Waals surface area contributed by atoms with E-state index in [9.17, 15) is 0 Å². The summed E-state index contributed by atoms with van der Waals surface area (Å²) in [4.78, 5) is 2.40. The van der Waals surface area contributed by atoms with Crippen molar-refractivity contribution in [1.82, 2.24) is 4.90 Å². The predicted octanol–water partition coefficient (Wildman–Crippen LogP) is 2.09. The van der Waals surface area contributed by atoms with Crippen LogP contribution < -0.4 is 0 Å². The molecule has 0 aromatic carbocycles. The molecule has 22 heavy (non-hydrogen) atoms. The summed E-state index contributed by atoms with van der Waals surface area (Å²) in [5.74, 6) is 0. The lowest BCUT2D eigenvalue weighted by Crippen LogP contribution is -2.38. The Morgan fingerprint density at radius 2 is 1.77 bits per heavy atom. The van der Waals surface area contributed by atoms with Crippen molar-refractivity contribution in [1.29, 1.82) is 0 Å². The van der Waals surface area contributed by atoms with E-state index < -0.39 is 0 Å². The molecule has 2 fully saturated rings. The summed E-state index contributed by atoms with van der Waals surface area (Å²) in [5.41, 5.74) is 0. The van der Waals surface area contributed by atoms with Crippen LogP contribution in [0.1, 0.15) is 40.0 Å². The largest absolute Gasteiger partial charge is 0.379 e. The van der Waals surface area contributed by atoms with E-state index in [0.29, 0.717) is 6.10 Å². The van der Waals surface area contributed by atoms with Gasteiger partial charge in [-0.2, -0.15) is 0 Å². The molecule has 0 N–H and O–H groups in total. The standard InChI is InChI=1S/C17H33NO4/c1-14(2)21-13-17-5-4-16(22-17)12-15(3)20-11-8-18-6-9-19-10-7-18/h14-17H,4-13H2,1-3H3. The molecule has 0 radical (unpaired) electrons. The van der Waals surface area contributed by atoms with Gasteiger partial charge >= 0.3 is 0 Å². The van der Waals surface area contributed by atoms with Gasteiger partial charge in [0, 0.05) is 19.6 Å². The Balaban J connectivity index is 1.52. The van der Waals surface area contributed by atoms with Crippen molar-refractivity contribution in [2.45, 2.75) is 64.4 Å². The third-order valence-corrected chi connectivity index (χ3v) is 4.32. The molecule has 3 atom stereocenters. The fourth-order valence-electron chi connectivity index (χ4n) is 3.02. The molecule has 130 valence electrons. The number of hydrogen-bond acceptors (Lipinski definition) is 5. The Kier molecular flexibility index (Phi) is 8.11. The van der Waals surface area contributed by atoms with Gasteiger partial charge in [-0.1, -0.05) is 0 Å². The summed E-state index contributed by atoms with van der Waals surface area (Å²) in [6.45, 7) is 12.6. The first-order chi connectivity index (χ1) is 10.6. The van der Waals surface area contributed by atoms with E-state index in [1.165, 1.54) is 0 Å². The maximum Gasteiger partial charge on any atom is 0.0813 e. The minimum atomic E-state index is 0.260. The van der Waals surface area contributed by atoms with E-state index in [0.717, 1.165) is 65.3 Å². The third-order valence-electron chi connectivity index (χ3n) is 4.32. The first-order valence-corrected chi connectivity index (χ1v) is 8.82. The van der Waals surface area contributed by atoms with Crippen molar-refractivity contribution in [2.24, 2.45) is 0 Å². The smallest absolute Gasteiger partial charge is 0.0813 e. The molecule has 0 spiro atoms. The number of rotatable bonds is 9. The van der Waals surface area contributed by atoms with E-state index in [-0.39, 0.29) is 18.3 Å². The fraction of sp³-hybridized carbons (Fsp3) is 1.00. The molecular formula is C17H33NO4. The average molecular weight is 315 g/mol. The minimum absolute atomic E-state index is 0.260. The summed E-state index contributed by atoms with van der Waals surface area (Å²) in [6, 6.07) is 0. The average Bonchev–Trinajstić information content (AvgIpc) is 2.94. The Bertz CT molecular complexity index is 294. The summed E-state index contributed by atoms with van der Waals surface area (Å²) in [5, 5.41) is 0. The quantitative estimate of drug-likeness (QED) is 0.651. The molecule has 0 bridgehead atoms. The van der Waals surface area contributed by atoms with Crippen LogP contribution in [0.25, 0.3) is 0 Å². The Morgan fingerprint density at radius 3 is 2.50 bits per heavy atom. The van der Waals surface area contributed by atoms with Gasteiger partial charge in [-0.3, -0.25) is 4.90 Å².